The minimum absolute atomic E-state index is 0.0856. The lowest BCUT2D eigenvalue weighted by molar-refractivity contribution is -0.137. The summed E-state index contributed by atoms with van der Waals surface area (Å²) in [6.07, 6.45) is -2.99. The van der Waals surface area contributed by atoms with E-state index >= 15 is 0 Å². The first-order valence-corrected chi connectivity index (χ1v) is 5.21. The Bertz CT molecular complexity index is 589. The van der Waals surface area contributed by atoms with Crippen LogP contribution in [0.25, 0.3) is 0 Å². The highest BCUT2D eigenvalue weighted by atomic mass is 19.4. The molecular weight excluding hydrogens is 261 g/mol. The lowest BCUT2D eigenvalue weighted by Crippen LogP contribution is -2.13. The summed E-state index contributed by atoms with van der Waals surface area (Å²) in [5.74, 6) is -0.534. The minimum atomic E-state index is -4.40. The van der Waals surface area contributed by atoms with Gasteiger partial charge in [0.2, 0.25) is 0 Å². The van der Waals surface area contributed by atoms with Gasteiger partial charge in [0.25, 0.3) is 5.91 Å². The van der Waals surface area contributed by atoms with Crippen molar-refractivity contribution in [2.24, 2.45) is 7.05 Å². The molecule has 1 aromatic heterocycles. The van der Waals surface area contributed by atoms with Gasteiger partial charge in [-0.2, -0.15) is 13.2 Å². The third-order valence-electron chi connectivity index (χ3n) is 2.31. The molecule has 100 valence electrons. The first kappa shape index (κ1) is 13.1. The van der Waals surface area contributed by atoms with Crippen LogP contribution in [0.3, 0.4) is 0 Å². The van der Waals surface area contributed by atoms with Crippen LogP contribution in [0.15, 0.2) is 30.5 Å². The number of nitrogens with zero attached hydrogens (tertiary/aromatic N) is 3. The number of nitrogens with one attached hydrogen (secondary N) is 1. The third-order valence-corrected chi connectivity index (χ3v) is 2.31. The predicted molar refractivity (Wildman–Crippen MR) is 60.4 cm³/mol. The van der Waals surface area contributed by atoms with Crippen molar-refractivity contribution in [3.05, 3.63) is 41.7 Å². The van der Waals surface area contributed by atoms with E-state index < -0.39 is 17.6 Å². The number of hydrogen-bond donors (Lipinski definition) is 1. The summed E-state index contributed by atoms with van der Waals surface area (Å²) in [5.41, 5.74) is -0.434. The van der Waals surface area contributed by atoms with E-state index in [-0.39, 0.29) is 11.4 Å². The van der Waals surface area contributed by atoms with Crippen molar-refractivity contribution in [1.29, 1.82) is 0 Å². The van der Waals surface area contributed by atoms with E-state index in [4.69, 9.17) is 0 Å². The van der Waals surface area contributed by atoms with Gasteiger partial charge in [0.15, 0.2) is 5.69 Å². The minimum Gasteiger partial charge on any atom is -0.321 e. The van der Waals surface area contributed by atoms with Crippen LogP contribution in [0.2, 0.25) is 0 Å². The third kappa shape index (κ3) is 3.09. The van der Waals surface area contributed by atoms with E-state index in [1.54, 1.807) is 7.05 Å². The topological polar surface area (TPSA) is 59.8 Å². The van der Waals surface area contributed by atoms with Gasteiger partial charge in [0.05, 0.1) is 11.8 Å². The first-order chi connectivity index (χ1) is 8.86. The molecule has 0 bridgehead atoms. The Labute approximate surface area is 106 Å². The number of anilines is 1. The maximum atomic E-state index is 12.3. The van der Waals surface area contributed by atoms with Gasteiger partial charge >= 0.3 is 6.18 Å². The average Bonchev–Trinajstić information content (AvgIpc) is 2.75. The Morgan fingerprint density at radius 3 is 2.37 bits per heavy atom. The number of hydrogen-bond acceptors (Lipinski definition) is 3. The van der Waals surface area contributed by atoms with Crippen LogP contribution in [0.4, 0.5) is 18.9 Å². The summed E-state index contributed by atoms with van der Waals surface area (Å²) >= 11 is 0. The van der Waals surface area contributed by atoms with Crippen molar-refractivity contribution >= 4 is 11.6 Å². The van der Waals surface area contributed by atoms with Crippen molar-refractivity contribution in [1.82, 2.24) is 15.0 Å². The van der Waals surface area contributed by atoms with Crippen LogP contribution in [-0.2, 0) is 13.2 Å². The number of halogens is 3. The Kier molecular flexibility index (Phi) is 3.24. The fourth-order valence-electron chi connectivity index (χ4n) is 1.39. The van der Waals surface area contributed by atoms with Gasteiger partial charge in [0, 0.05) is 12.7 Å². The molecule has 8 heteroatoms. The van der Waals surface area contributed by atoms with Gasteiger partial charge in [-0.25, -0.2) is 0 Å². The maximum absolute atomic E-state index is 12.3. The van der Waals surface area contributed by atoms with Crippen molar-refractivity contribution in [3.8, 4) is 0 Å². The molecule has 1 heterocycles. The van der Waals surface area contributed by atoms with E-state index in [1.807, 2.05) is 0 Å². The number of aryl methyl sites for hydroxylation is 1. The molecule has 0 unspecified atom stereocenters. The van der Waals surface area contributed by atoms with E-state index in [0.717, 1.165) is 12.1 Å². The molecule has 0 aliphatic carbocycles. The number of carbonyl (C=O) groups is 1. The van der Waals surface area contributed by atoms with Gasteiger partial charge in [-0.15, -0.1) is 5.10 Å². The van der Waals surface area contributed by atoms with Gasteiger partial charge < -0.3 is 5.32 Å². The summed E-state index contributed by atoms with van der Waals surface area (Å²) in [6, 6.07) is 4.15. The van der Waals surface area contributed by atoms with Gasteiger partial charge in [-0.1, -0.05) is 5.21 Å². The average molecular weight is 270 g/mol. The summed E-state index contributed by atoms with van der Waals surface area (Å²) in [6.45, 7) is 0. The Morgan fingerprint density at radius 1 is 1.26 bits per heavy atom. The second kappa shape index (κ2) is 4.71. The molecule has 1 amide bonds. The second-order valence-electron chi connectivity index (χ2n) is 3.81. The molecule has 0 radical (unpaired) electrons. The van der Waals surface area contributed by atoms with Crippen LogP contribution in [0.5, 0.6) is 0 Å². The van der Waals surface area contributed by atoms with Crippen molar-refractivity contribution in [2.75, 3.05) is 5.32 Å². The highest BCUT2D eigenvalue weighted by Crippen LogP contribution is 2.29. The molecule has 0 aliphatic heterocycles. The molecule has 1 N–H and O–H groups in total. The van der Waals surface area contributed by atoms with E-state index in [0.29, 0.717) is 0 Å². The van der Waals surface area contributed by atoms with E-state index in [2.05, 4.69) is 15.6 Å². The lowest BCUT2D eigenvalue weighted by atomic mass is 10.2. The SMILES string of the molecule is Cn1cc(C(=O)Nc2ccc(C(F)(F)F)cc2)nn1. The molecular formula is C11H9F3N4O. The van der Waals surface area contributed by atoms with Crippen LogP contribution in [0.1, 0.15) is 16.1 Å². The standard InChI is InChI=1S/C11H9F3N4O/c1-18-6-9(16-17-18)10(19)15-8-4-2-7(3-5-8)11(12,13)14/h2-6H,1H3,(H,15,19). The number of amides is 1. The summed E-state index contributed by atoms with van der Waals surface area (Å²) in [5, 5.41) is 9.60. The van der Waals surface area contributed by atoms with Crippen LogP contribution >= 0.6 is 0 Å². The highest BCUT2D eigenvalue weighted by molar-refractivity contribution is 6.02. The zero-order valence-electron chi connectivity index (χ0n) is 9.77. The molecule has 5 nitrogen and oxygen atoms in total. The highest BCUT2D eigenvalue weighted by Gasteiger charge is 2.30. The molecule has 2 aromatic rings. The number of carbonyl (C=O) groups excluding carboxylic acids is 1. The Balaban J connectivity index is 2.10. The molecule has 0 aliphatic rings. The number of benzene rings is 1. The van der Waals surface area contributed by atoms with Crippen molar-refractivity contribution in [2.45, 2.75) is 6.18 Å². The molecule has 19 heavy (non-hydrogen) atoms. The normalized spacial score (nSPS) is 11.4. The van der Waals surface area contributed by atoms with Gasteiger partial charge in [-0.05, 0) is 24.3 Å². The monoisotopic (exact) mass is 270 g/mol. The molecule has 0 saturated carbocycles. The van der Waals surface area contributed by atoms with Gasteiger partial charge in [0.1, 0.15) is 0 Å². The van der Waals surface area contributed by atoms with E-state index in [1.165, 1.54) is 23.0 Å². The van der Waals surface area contributed by atoms with Crippen LogP contribution < -0.4 is 5.32 Å². The van der Waals surface area contributed by atoms with Crippen LogP contribution in [0, 0.1) is 0 Å². The predicted octanol–water partition coefficient (Wildman–Crippen LogP) is 2.09. The smallest absolute Gasteiger partial charge is 0.321 e. The first-order valence-electron chi connectivity index (χ1n) is 5.21. The molecule has 2 rings (SSSR count). The summed E-state index contributed by atoms with van der Waals surface area (Å²) < 4.78 is 38.4. The van der Waals surface area contributed by atoms with Crippen LogP contribution in [-0.4, -0.2) is 20.9 Å². The van der Waals surface area contributed by atoms with Crippen molar-refractivity contribution < 1.29 is 18.0 Å². The number of alkyl halides is 3. The maximum Gasteiger partial charge on any atom is 0.416 e. The molecule has 1 aromatic carbocycles. The number of aromatic nitrogens is 3. The zero-order valence-corrected chi connectivity index (χ0v) is 9.77. The largest absolute Gasteiger partial charge is 0.416 e. The fourth-order valence-corrected chi connectivity index (χ4v) is 1.39. The summed E-state index contributed by atoms with van der Waals surface area (Å²) in [7, 11) is 1.60. The Hall–Kier alpha value is -2.38. The molecule has 0 spiro atoms. The summed E-state index contributed by atoms with van der Waals surface area (Å²) in [4.78, 5) is 11.7. The zero-order chi connectivity index (χ0) is 14.0. The second-order valence-corrected chi connectivity index (χ2v) is 3.81. The molecule has 0 fully saturated rings. The van der Waals surface area contributed by atoms with E-state index in [9.17, 15) is 18.0 Å². The molecule has 0 atom stereocenters. The van der Waals surface area contributed by atoms with Gasteiger partial charge in [-0.3, -0.25) is 9.48 Å². The molecule has 0 saturated heterocycles. The fraction of sp³-hybridized carbons (Fsp3) is 0.182. The quantitative estimate of drug-likeness (QED) is 0.909. The lowest BCUT2D eigenvalue weighted by Gasteiger charge is -2.07. The Morgan fingerprint density at radius 2 is 1.89 bits per heavy atom. The van der Waals surface area contributed by atoms with Crippen molar-refractivity contribution in [3.63, 3.8) is 0 Å². The number of rotatable bonds is 2.